The van der Waals surface area contributed by atoms with Crippen LogP contribution in [0.15, 0.2) is 41.2 Å². The summed E-state index contributed by atoms with van der Waals surface area (Å²) in [4.78, 5) is 28.2. The molecule has 0 unspecified atom stereocenters. The molecule has 0 radical (unpaired) electrons. The van der Waals surface area contributed by atoms with E-state index in [1.807, 2.05) is 6.07 Å². The van der Waals surface area contributed by atoms with Crippen molar-refractivity contribution in [1.29, 1.82) is 0 Å². The summed E-state index contributed by atoms with van der Waals surface area (Å²) in [6.45, 7) is 3.55. The third-order valence-corrected chi connectivity index (χ3v) is 6.30. The number of carbonyl (C=O) groups is 1. The number of benzene rings is 1. The van der Waals surface area contributed by atoms with Gasteiger partial charge in [0.15, 0.2) is 0 Å². The van der Waals surface area contributed by atoms with E-state index in [9.17, 15) is 9.59 Å². The maximum atomic E-state index is 13.2. The number of ether oxygens (including phenoxy) is 1. The monoisotopic (exact) mass is 409 g/mol. The van der Waals surface area contributed by atoms with Crippen LogP contribution in [0, 0.1) is 0 Å². The summed E-state index contributed by atoms with van der Waals surface area (Å²) in [5.74, 6) is 0.283. The number of fused-ring (bicyclic) bond motifs is 1. The number of hydrogen-bond acceptors (Lipinski definition) is 4. The lowest BCUT2D eigenvalue weighted by atomic mass is 10.0. The fraction of sp³-hybridized carbons (Fsp3) is 0.500. The van der Waals surface area contributed by atoms with Gasteiger partial charge in [-0.3, -0.25) is 14.5 Å². The maximum Gasteiger partial charge on any atom is 0.257 e. The quantitative estimate of drug-likeness (QED) is 0.825. The summed E-state index contributed by atoms with van der Waals surface area (Å²) >= 11 is 0. The Bertz CT molecular complexity index is 931. The van der Waals surface area contributed by atoms with Crippen LogP contribution in [0.2, 0.25) is 0 Å². The van der Waals surface area contributed by atoms with Crippen LogP contribution < -0.4 is 15.6 Å². The summed E-state index contributed by atoms with van der Waals surface area (Å²) in [7, 11) is 1.53. The van der Waals surface area contributed by atoms with Gasteiger partial charge >= 0.3 is 0 Å². The van der Waals surface area contributed by atoms with Gasteiger partial charge in [-0.25, -0.2) is 0 Å². The molecule has 2 aromatic rings. The van der Waals surface area contributed by atoms with Gasteiger partial charge in [0.1, 0.15) is 11.3 Å². The third-order valence-electron chi connectivity index (χ3n) is 6.30. The van der Waals surface area contributed by atoms with Gasteiger partial charge in [0, 0.05) is 44.0 Å². The number of piperidine rings is 1. The van der Waals surface area contributed by atoms with Crippen molar-refractivity contribution < 1.29 is 9.53 Å². The number of nitrogens with zero attached hydrogens (tertiary/aromatic N) is 2. The minimum atomic E-state index is -0.112. The Morgan fingerprint density at radius 2 is 1.87 bits per heavy atom. The lowest BCUT2D eigenvalue weighted by molar-refractivity contribution is 0.0903. The van der Waals surface area contributed by atoms with Crippen LogP contribution in [0.25, 0.3) is 0 Å². The molecule has 1 fully saturated rings. The van der Waals surface area contributed by atoms with Crippen molar-refractivity contribution in [2.45, 2.75) is 57.7 Å². The normalized spacial score (nSPS) is 17.8. The molecule has 2 aliphatic heterocycles. The molecule has 0 saturated carbocycles. The first-order valence-corrected chi connectivity index (χ1v) is 11.0. The minimum absolute atomic E-state index is 0.0745. The molecular weight excluding hydrogens is 378 g/mol. The average Bonchev–Trinajstić information content (AvgIpc) is 3.02. The van der Waals surface area contributed by atoms with Crippen LogP contribution in [0.3, 0.4) is 0 Å². The first-order chi connectivity index (χ1) is 14.7. The van der Waals surface area contributed by atoms with E-state index in [1.165, 1.54) is 18.7 Å². The molecule has 4 rings (SSSR count). The number of amides is 1. The summed E-state index contributed by atoms with van der Waals surface area (Å²) in [5, 5.41) is 3.22. The summed E-state index contributed by atoms with van der Waals surface area (Å²) in [5.41, 5.74) is 2.62. The predicted octanol–water partition coefficient (Wildman–Crippen LogP) is 2.98. The van der Waals surface area contributed by atoms with E-state index >= 15 is 0 Å². The van der Waals surface area contributed by atoms with Gasteiger partial charge in [-0.05, 0) is 37.7 Å². The van der Waals surface area contributed by atoms with E-state index in [4.69, 9.17) is 4.74 Å². The van der Waals surface area contributed by atoms with Gasteiger partial charge in [0.25, 0.3) is 11.5 Å². The van der Waals surface area contributed by atoms with E-state index in [2.05, 4.69) is 34.5 Å². The number of pyridine rings is 1. The maximum absolute atomic E-state index is 13.2. The Morgan fingerprint density at radius 3 is 2.60 bits per heavy atom. The topological polar surface area (TPSA) is 63.6 Å². The van der Waals surface area contributed by atoms with Crippen LogP contribution in [0.5, 0.6) is 5.75 Å². The highest BCUT2D eigenvalue weighted by Gasteiger charge is 2.27. The SMILES string of the molecule is COc1cc(=O)n2c(c1C(=O)NC1CCN(Cc3ccccc3)CC1)CCCCC2. The Kier molecular flexibility index (Phi) is 6.53. The smallest absolute Gasteiger partial charge is 0.257 e. The molecule has 160 valence electrons. The Labute approximate surface area is 177 Å². The lowest BCUT2D eigenvalue weighted by Crippen LogP contribution is -2.45. The number of likely N-dealkylation sites (tertiary alicyclic amines) is 1. The van der Waals surface area contributed by atoms with Crippen molar-refractivity contribution in [2.75, 3.05) is 20.2 Å². The van der Waals surface area contributed by atoms with E-state index in [0.29, 0.717) is 17.9 Å². The molecule has 0 bridgehead atoms. The molecule has 1 aromatic heterocycles. The first-order valence-electron chi connectivity index (χ1n) is 11.0. The number of aromatic nitrogens is 1. The third kappa shape index (κ3) is 4.59. The highest BCUT2D eigenvalue weighted by Crippen LogP contribution is 2.25. The van der Waals surface area contributed by atoms with Gasteiger partial charge in [-0.15, -0.1) is 0 Å². The molecule has 0 aliphatic carbocycles. The minimum Gasteiger partial charge on any atom is -0.496 e. The van der Waals surface area contributed by atoms with Gasteiger partial charge in [0.2, 0.25) is 0 Å². The number of methoxy groups -OCH3 is 1. The Hall–Kier alpha value is -2.60. The summed E-state index contributed by atoms with van der Waals surface area (Å²) in [6.07, 6.45) is 5.63. The fourth-order valence-corrected chi connectivity index (χ4v) is 4.66. The van der Waals surface area contributed by atoms with Crippen molar-refractivity contribution in [3.8, 4) is 5.75 Å². The molecule has 0 spiro atoms. The highest BCUT2D eigenvalue weighted by atomic mass is 16.5. The Morgan fingerprint density at radius 1 is 1.10 bits per heavy atom. The summed E-state index contributed by atoms with van der Waals surface area (Å²) < 4.78 is 7.22. The zero-order chi connectivity index (χ0) is 20.9. The number of nitrogens with one attached hydrogen (secondary N) is 1. The second kappa shape index (κ2) is 9.47. The van der Waals surface area contributed by atoms with Crippen LogP contribution in [0.4, 0.5) is 0 Å². The van der Waals surface area contributed by atoms with Gasteiger partial charge in [-0.1, -0.05) is 36.8 Å². The predicted molar refractivity (Wildman–Crippen MR) is 117 cm³/mol. The zero-order valence-corrected chi connectivity index (χ0v) is 17.7. The van der Waals surface area contributed by atoms with Gasteiger partial charge in [0.05, 0.1) is 7.11 Å². The molecule has 1 N–H and O–H groups in total. The van der Waals surface area contributed by atoms with Gasteiger partial charge < -0.3 is 14.6 Å². The van der Waals surface area contributed by atoms with Crippen LogP contribution in [-0.2, 0) is 19.5 Å². The molecular formula is C24H31N3O3. The second-order valence-corrected chi connectivity index (χ2v) is 8.34. The van der Waals surface area contributed by atoms with E-state index in [-0.39, 0.29) is 17.5 Å². The van der Waals surface area contributed by atoms with Gasteiger partial charge in [-0.2, -0.15) is 0 Å². The molecule has 2 aliphatic rings. The highest BCUT2D eigenvalue weighted by molar-refractivity contribution is 5.98. The molecule has 6 nitrogen and oxygen atoms in total. The molecule has 0 atom stereocenters. The van der Waals surface area contributed by atoms with Crippen molar-refractivity contribution in [3.63, 3.8) is 0 Å². The van der Waals surface area contributed by atoms with Crippen LogP contribution in [-0.4, -0.2) is 41.6 Å². The standard InChI is InChI=1S/C24H31N3O3/c1-30-21-16-22(28)27-13-7-3-6-10-20(27)23(21)24(29)25-19-11-14-26(15-12-19)17-18-8-4-2-5-9-18/h2,4-5,8-9,16,19H,3,6-7,10-15,17H2,1H3,(H,25,29). The van der Waals surface area contributed by atoms with Crippen molar-refractivity contribution in [3.05, 3.63) is 63.6 Å². The number of rotatable bonds is 5. The largest absolute Gasteiger partial charge is 0.496 e. The molecule has 1 saturated heterocycles. The van der Waals surface area contributed by atoms with E-state index < -0.39 is 0 Å². The number of carbonyl (C=O) groups excluding carboxylic acids is 1. The lowest BCUT2D eigenvalue weighted by Gasteiger charge is -2.32. The summed E-state index contributed by atoms with van der Waals surface area (Å²) in [6, 6.07) is 12.1. The molecule has 1 aromatic carbocycles. The Balaban J connectivity index is 1.44. The average molecular weight is 410 g/mol. The molecule has 3 heterocycles. The second-order valence-electron chi connectivity index (χ2n) is 8.34. The van der Waals surface area contributed by atoms with Crippen LogP contribution >= 0.6 is 0 Å². The van der Waals surface area contributed by atoms with E-state index in [1.54, 1.807) is 4.57 Å². The van der Waals surface area contributed by atoms with Crippen molar-refractivity contribution >= 4 is 5.91 Å². The zero-order valence-electron chi connectivity index (χ0n) is 17.7. The number of hydrogen-bond donors (Lipinski definition) is 1. The molecule has 30 heavy (non-hydrogen) atoms. The van der Waals surface area contributed by atoms with Crippen molar-refractivity contribution in [2.24, 2.45) is 0 Å². The van der Waals surface area contributed by atoms with Crippen LogP contribution in [0.1, 0.15) is 53.7 Å². The van der Waals surface area contributed by atoms with E-state index in [0.717, 1.165) is 63.9 Å². The first kappa shape index (κ1) is 20.7. The molecule has 6 heteroatoms. The van der Waals surface area contributed by atoms with Crippen molar-refractivity contribution in [1.82, 2.24) is 14.8 Å². The fourth-order valence-electron chi connectivity index (χ4n) is 4.66. The molecule has 1 amide bonds.